The van der Waals surface area contributed by atoms with Crippen molar-refractivity contribution in [2.24, 2.45) is 5.41 Å². The van der Waals surface area contributed by atoms with Crippen molar-refractivity contribution in [1.29, 1.82) is 5.26 Å². The zero-order chi connectivity index (χ0) is 14.6. The van der Waals surface area contributed by atoms with Gasteiger partial charge in [-0.15, -0.1) is 11.8 Å². The number of nitrogens with one attached hydrogen (secondary N) is 1. The van der Waals surface area contributed by atoms with E-state index in [1.807, 2.05) is 18.2 Å². The Kier molecular flexibility index (Phi) is 4.99. The van der Waals surface area contributed by atoms with Crippen molar-refractivity contribution in [3.63, 3.8) is 0 Å². The second-order valence-corrected chi connectivity index (χ2v) is 7.61. The van der Waals surface area contributed by atoms with Crippen LogP contribution in [0.25, 0.3) is 0 Å². The zero-order valence-corrected chi connectivity index (χ0v) is 13.5. The molecule has 3 heteroatoms. The molecule has 2 nitrogen and oxygen atoms in total. The summed E-state index contributed by atoms with van der Waals surface area (Å²) in [5, 5.41) is 13.0. The standard InChI is InChI=1S/C17H24N2S/c1-4-20-16-7-5-6-15(14(16)12-18)19-13-8-10-17(2,3)11-9-13/h5-7,13,19H,4,8-11H2,1-3H3. The fourth-order valence-corrected chi connectivity index (χ4v) is 3.59. The minimum atomic E-state index is 0.482. The van der Waals surface area contributed by atoms with Gasteiger partial charge in [-0.25, -0.2) is 0 Å². The average Bonchev–Trinajstić information content (AvgIpc) is 2.42. The van der Waals surface area contributed by atoms with Gasteiger partial charge in [0.15, 0.2) is 0 Å². The molecule has 0 aliphatic heterocycles. The van der Waals surface area contributed by atoms with E-state index in [0.717, 1.165) is 21.9 Å². The van der Waals surface area contributed by atoms with E-state index in [0.29, 0.717) is 11.5 Å². The molecule has 1 N–H and O–H groups in total. The molecule has 1 fully saturated rings. The molecule has 108 valence electrons. The van der Waals surface area contributed by atoms with Crippen LogP contribution >= 0.6 is 11.8 Å². The second kappa shape index (κ2) is 6.54. The molecule has 1 aromatic carbocycles. The van der Waals surface area contributed by atoms with Gasteiger partial charge in [-0.1, -0.05) is 26.8 Å². The largest absolute Gasteiger partial charge is 0.381 e. The van der Waals surface area contributed by atoms with Crippen molar-refractivity contribution in [2.75, 3.05) is 11.1 Å². The maximum atomic E-state index is 9.44. The number of rotatable bonds is 4. The predicted molar refractivity (Wildman–Crippen MR) is 87.2 cm³/mol. The zero-order valence-electron chi connectivity index (χ0n) is 12.7. The van der Waals surface area contributed by atoms with Crippen LogP contribution in [-0.4, -0.2) is 11.8 Å². The number of thioether (sulfide) groups is 1. The Labute approximate surface area is 127 Å². The molecule has 1 saturated carbocycles. The van der Waals surface area contributed by atoms with Crippen LogP contribution in [0.15, 0.2) is 23.1 Å². The molecule has 0 radical (unpaired) electrons. The van der Waals surface area contributed by atoms with Crippen LogP contribution in [0.4, 0.5) is 5.69 Å². The minimum Gasteiger partial charge on any atom is -0.381 e. The summed E-state index contributed by atoms with van der Waals surface area (Å²) in [4.78, 5) is 1.09. The van der Waals surface area contributed by atoms with Gasteiger partial charge < -0.3 is 5.32 Å². The van der Waals surface area contributed by atoms with Crippen LogP contribution in [0, 0.1) is 16.7 Å². The van der Waals surface area contributed by atoms with Crippen molar-refractivity contribution in [2.45, 2.75) is 57.4 Å². The fourth-order valence-electron chi connectivity index (χ4n) is 2.81. The highest BCUT2D eigenvalue weighted by atomic mass is 32.2. The first-order valence-corrected chi connectivity index (χ1v) is 8.47. The minimum absolute atomic E-state index is 0.482. The van der Waals surface area contributed by atoms with Gasteiger partial charge in [-0.3, -0.25) is 0 Å². The Morgan fingerprint density at radius 1 is 1.35 bits per heavy atom. The molecule has 0 bridgehead atoms. The summed E-state index contributed by atoms with van der Waals surface area (Å²) in [5.41, 5.74) is 2.30. The molecular weight excluding hydrogens is 264 g/mol. The summed E-state index contributed by atoms with van der Waals surface area (Å²) in [6.07, 6.45) is 4.91. The van der Waals surface area contributed by atoms with Gasteiger partial charge in [0, 0.05) is 10.9 Å². The highest BCUT2D eigenvalue weighted by Crippen LogP contribution is 2.37. The lowest BCUT2D eigenvalue weighted by Gasteiger charge is -2.35. The van der Waals surface area contributed by atoms with Gasteiger partial charge in [0.2, 0.25) is 0 Å². The van der Waals surface area contributed by atoms with Crippen molar-refractivity contribution < 1.29 is 0 Å². The smallest absolute Gasteiger partial charge is 0.102 e. The van der Waals surface area contributed by atoms with Gasteiger partial charge in [0.1, 0.15) is 6.07 Å². The maximum Gasteiger partial charge on any atom is 0.102 e. The van der Waals surface area contributed by atoms with Gasteiger partial charge in [-0.2, -0.15) is 5.26 Å². The summed E-state index contributed by atoms with van der Waals surface area (Å²) >= 11 is 1.74. The highest BCUT2D eigenvalue weighted by molar-refractivity contribution is 7.99. The van der Waals surface area contributed by atoms with E-state index in [9.17, 15) is 5.26 Å². The first-order valence-electron chi connectivity index (χ1n) is 7.48. The number of anilines is 1. The highest BCUT2D eigenvalue weighted by Gasteiger charge is 2.27. The van der Waals surface area contributed by atoms with Crippen LogP contribution in [0.3, 0.4) is 0 Å². The van der Waals surface area contributed by atoms with Gasteiger partial charge in [-0.05, 0) is 49.0 Å². The normalized spacial score (nSPS) is 18.5. The number of nitrogens with zero attached hydrogens (tertiary/aromatic N) is 1. The molecule has 1 aliphatic rings. The summed E-state index contributed by atoms with van der Waals surface area (Å²) < 4.78 is 0. The summed E-state index contributed by atoms with van der Waals surface area (Å²) in [5.74, 6) is 0.996. The molecule has 0 aromatic heterocycles. The molecule has 0 unspecified atom stereocenters. The van der Waals surface area contributed by atoms with E-state index in [4.69, 9.17) is 0 Å². The third kappa shape index (κ3) is 3.70. The van der Waals surface area contributed by atoms with Gasteiger partial charge in [0.25, 0.3) is 0 Å². The van der Waals surface area contributed by atoms with Crippen molar-refractivity contribution in [3.05, 3.63) is 23.8 Å². The summed E-state index contributed by atoms with van der Waals surface area (Å²) in [6, 6.07) is 9.02. The molecule has 0 amide bonds. The average molecular weight is 288 g/mol. The van der Waals surface area contributed by atoms with E-state index in [-0.39, 0.29) is 0 Å². The third-order valence-electron chi connectivity index (χ3n) is 4.14. The molecule has 0 heterocycles. The van der Waals surface area contributed by atoms with Crippen molar-refractivity contribution in [1.82, 2.24) is 0 Å². The van der Waals surface area contributed by atoms with Crippen LogP contribution in [0.5, 0.6) is 0 Å². The Morgan fingerprint density at radius 3 is 2.65 bits per heavy atom. The SMILES string of the molecule is CCSc1cccc(NC2CCC(C)(C)CC2)c1C#N. The third-order valence-corrected chi connectivity index (χ3v) is 5.08. The van der Waals surface area contributed by atoms with E-state index < -0.39 is 0 Å². The molecule has 1 aliphatic carbocycles. The second-order valence-electron chi connectivity index (χ2n) is 6.31. The predicted octanol–water partition coefficient (Wildman–Crippen LogP) is 5.05. The fraction of sp³-hybridized carbons (Fsp3) is 0.588. The van der Waals surface area contributed by atoms with Crippen LogP contribution in [0.1, 0.15) is 52.0 Å². The lowest BCUT2D eigenvalue weighted by atomic mass is 9.75. The molecule has 1 aromatic rings. The van der Waals surface area contributed by atoms with Gasteiger partial charge >= 0.3 is 0 Å². The Hall–Kier alpha value is -1.14. The summed E-state index contributed by atoms with van der Waals surface area (Å²) in [6.45, 7) is 6.82. The topological polar surface area (TPSA) is 35.8 Å². The maximum absolute atomic E-state index is 9.44. The van der Waals surface area contributed by atoms with E-state index in [1.165, 1.54) is 25.7 Å². The number of hydrogen-bond acceptors (Lipinski definition) is 3. The Balaban J connectivity index is 2.10. The van der Waals surface area contributed by atoms with Crippen LogP contribution in [-0.2, 0) is 0 Å². The monoisotopic (exact) mass is 288 g/mol. The molecule has 20 heavy (non-hydrogen) atoms. The molecular formula is C17H24N2S. The summed E-state index contributed by atoms with van der Waals surface area (Å²) in [7, 11) is 0. The molecule has 0 atom stereocenters. The van der Waals surface area contributed by atoms with E-state index in [1.54, 1.807) is 11.8 Å². The lowest BCUT2D eigenvalue weighted by Crippen LogP contribution is -2.30. The Bertz CT molecular complexity index is 492. The first kappa shape index (κ1) is 15.3. The molecule has 0 saturated heterocycles. The first-order chi connectivity index (χ1) is 9.55. The molecule has 2 rings (SSSR count). The van der Waals surface area contributed by atoms with Crippen LogP contribution in [0.2, 0.25) is 0 Å². The van der Waals surface area contributed by atoms with E-state index in [2.05, 4.69) is 32.2 Å². The van der Waals surface area contributed by atoms with Gasteiger partial charge in [0.05, 0.1) is 11.3 Å². The van der Waals surface area contributed by atoms with Crippen molar-refractivity contribution >= 4 is 17.4 Å². The number of hydrogen-bond donors (Lipinski definition) is 1. The van der Waals surface area contributed by atoms with Crippen LogP contribution < -0.4 is 5.32 Å². The number of benzene rings is 1. The quantitative estimate of drug-likeness (QED) is 0.787. The molecule has 0 spiro atoms. The van der Waals surface area contributed by atoms with E-state index >= 15 is 0 Å². The number of nitriles is 1. The Morgan fingerprint density at radius 2 is 2.05 bits per heavy atom. The lowest BCUT2D eigenvalue weighted by molar-refractivity contribution is 0.232. The van der Waals surface area contributed by atoms with Crippen molar-refractivity contribution in [3.8, 4) is 6.07 Å².